The number of hydrogen-bond donors (Lipinski definition) is 2. The smallest absolute Gasteiger partial charge is 0.257 e. The van der Waals surface area contributed by atoms with Crippen molar-refractivity contribution in [2.24, 2.45) is 0 Å². The van der Waals surface area contributed by atoms with Gasteiger partial charge in [-0.15, -0.1) is 0 Å². The van der Waals surface area contributed by atoms with Crippen LogP contribution in [-0.2, 0) is 0 Å². The van der Waals surface area contributed by atoms with Crippen LogP contribution >= 0.6 is 0 Å². The Morgan fingerprint density at radius 1 is 1.10 bits per heavy atom. The molecule has 1 aromatic heterocycles. The zero-order valence-electron chi connectivity index (χ0n) is 13.2. The van der Waals surface area contributed by atoms with Gasteiger partial charge in [0.2, 0.25) is 0 Å². The van der Waals surface area contributed by atoms with Gasteiger partial charge in [-0.3, -0.25) is 4.79 Å². The van der Waals surface area contributed by atoms with Crippen molar-refractivity contribution in [3.63, 3.8) is 0 Å². The quantitative estimate of drug-likeness (QED) is 0.877. The highest BCUT2D eigenvalue weighted by Gasteiger charge is 2.13. The van der Waals surface area contributed by atoms with Crippen molar-refractivity contribution in [1.82, 2.24) is 4.98 Å². The molecular formula is C17H22N2O2. The number of nitrogens with one attached hydrogen (secondary N) is 1. The summed E-state index contributed by atoms with van der Waals surface area (Å²) < 4.78 is 0. The Bertz CT molecular complexity index is 637. The largest absolute Gasteiger partial charge is 0.508 e. The first-order valence-electron chi connectivity index (χ1n) is 7.02. The molecule has 0 unspecified atom stereocenters. The van der Waals surface area contributed by atoms with Gasteiger partial charge < -0.3 is 10.4 Å². The van der Waals surface area contributed by atoms with E-state index in [1.807, 2.05) is 32.9 Å². The van der Waals surface area contributed by atoms with E-state index in [9.17, 15) is 9.90 Å². The number of carbonyl (C=O) groups is 1. The Balaban J connectivity index is 0.00000106. The van der Waals surface area contributed by atoms with Crippen LogP contribution in [-0.4, -0.2) is 16.0 Å². The van der Waals surface area contributed by atoms with Crippen LogP contribution in [0.1, 0.15) is 40.9 Å². The second-order valence-corrected chi connectivity index (χ2v) is 4.58. The van der Waals surface area contributed by atoms with Gasteiger partial charge in [0.1, 0.15) is 11.6 Å². The highest BCUT2D eigenvalue weighted by molar-refractivity contribution is 6.05. The van der Waals surface area contributed by atoms with Crippen molar-refractivity contribution in [2.45, 2.75) is 34.6 Å². The SMILES string of the molecule is CC.Cc1cc(C(=O)Nc2ncccc2C)c(C)cc1O. The number of aromatic hydroxyl groups is 1. The second-order valence-electron chi connectivity index (χ2n) is 4.58. The van der Waals surface area contributed by atoms with Crippen LogP contribution < -0.4 is 5.32 Å². The number of phenolic OH excluding ortho intramolecular Hbond substituents is 1. The third kappa shape index (κ3) is 4.05. The fourth-order valence-corrected chi connectivity index (χ4v) is 1.84. The average Bonchev–Trinajstić information content (AvgIpc) is 2.47. The van der Waals surface area contributed by atoms with Crippen LogP contribution in [0.4, 0.5) is 5.82 Å². The lowest BCUT2D eigenvalue weighted by Crippen LogP contribution is -2.15. The summed E-state index contributed by atoms with van der Waals surface area (Å²) in [4.78, 5) is 16.3. The third-order valence-corrected chi connectivity index (χ3v) is 3.03. The number of nitrogens with zero attached hydrogens (tertiary/aromatic N) is 1. The molecule has 1 heterocycles. The number of anilines is 1. The topological polar surface area (TPSA) is 62.2 Å². The highest BCUT2D eigenvalue weighted by atomic mass is 16.3. The molecule has 0 radical (unpaired) electrons. The number of amides is 1. The fourth-order valence-electron chi connectivity index (χ4n) is 1.84. The van der Waals surface area contributed by atoms with Crippen LogP contribution in [0.15, 0.2) is 30.5 Å². The third-order valence-electron chi connectivity index (χ3n) is 3.03. The van der Waals surface area contributed by atoms with Gasteiger partial charge in [-0.2, -0.15) is 0 Å². The maximum absolute atomic E-state index is 12.2. The molecule has 2 aromatic rings. The first kappa shape index (κ1) is 16.7. The van der Waals surface area contributed by atoms with Gasteiger partial charge in [-0.05, 0) is 55.7 Å². The van der Waals surface area contributed by atoms with Crippen molar-refractivity contribution in [1.29, 1.82) is 0 Å². The number of carbonyl (C=O) groups excluding carboxylic acids is 1. The van der Waals surface area contributed by atoms with Crippen LogP contribution in [0.5, 0.6) is 5.75 Å². The average molecular weight is 286 g/mol. The van der Waals surface area contributed by atoms with E-state index in [0.29, 0.717) is 16.9 Å². The maximum atomic E-state index is 12.2. The predicted molar refractivity (Wildman–Crippen MR) is 85.9 cm³/mol. The zero-order chi connectivity index (χ0) is 16.0. The Hall–Kier alpha value is -2.36. The first-order chi connectivity index (χ1) is 9.99. The molecule has 0 saturated carbocycles. The van der Waals surface area contributed by atoms with E-state index in [1.165, 1.54) is 0 Å². The van der Waals surface area contributed by atoms with Crippen molar-refractivity contribution >= 4 is 11.7 Å². The van der Waals surface area contributed by atoms with E-state index in [4.69, 9.17) is 0 Å². The van der Waals surface area contributed by atoms with E-state index in [-0.39, 0.29) is 11.7 Å². The van der Waals surface area contributed by atoms with Gasteiger partial charge in [0.05, 0.1) is 0 Å². The molecule has 4 heteroatoms. The molecule has 2 rings (SSSR count). The molecule has 0 saturated heterocycles. The van der Waals surface area contributed by atoms with Crippen molar-refractivity contribution in [3.05, 3.63) is 52.7 Å². The highest BCUT2D eigenvalue weighted by Crippen LogP contribution is 2.22. The maximum Gasteiger partial charge on any atom is 0.257 e. The van der Waals surface area contributed by atoms with Gasteiger partial charge in [0.15, 0.2) is 0 Å². The van der Waals surface area contributed by atoms with Crippen molar-refractivity contribution < 1.29 is 9.90 Å². The summed E-state index contributed by atoms with van der Waals surface area (Å²) >= 11 is 0. The summed E-state index contributed by atoms with van der Waals surface area (Å²) in [6.07, 6.45) is 1.64. The number of phenols is 1. The molecule has 0 aliphatic heterocycles. The molecule has 0 atom stereocenters. The van der Waals surface area contributed by atoms with Crippen LogP contribution in [0.2, 0.25) is 0 Å². The molecule has 0 fully saturated rings. The predicted octanol–water partition coefficient (Wildman–Crippen LogP) is 3.99. The number of hydrogen-bond acceptors (Lipinski definition) is 3. The molecule has 112 valence electrons. The van der Waals surface area contributed by atoms with E-state index in [1.54, 1.807) is 32.2 Å². The lowest BCUT2D eigenvalue weighted by molar-refractivity contribution is 0.102. The summed E-state index contributed by atoms with van der Waals surface area (Å²) in [5, 5.41) is 12.4. The van der Waals surface area contributed by atoms with Gasteiger partial charge in [-0.1, -0.05) is 19.9 Å². The van der Waals surface area contributed by atoms with Gasteiger partial charge in [0, 0.05) is 11.8 Å². The molecule has 0 spiro atoms. The molecule has 0 aliphatic rings. The minimum Gasteiger partial charge on any atom is -0.508 e. The molecule has 1 amide bonds. The lowest BCUT2D eigenvalue weighted by Gasteiger charge is -2.10. The molecule has 21 heavy (non-hydrogen) atoms. The molecular weight excluding hydrogens is 264 g/mol. The van der Waals surface area contributed by atoms with Gasteiger partial charge in [-0.25, -0.2) is 4.98 Å². The Labute approximate surface area is 125 Å². The van der Waals surface area contributed by atoms with E-state index >= 15 is 0 Å². The molecule has 2 N–H and O–H groups in total. The van der Waals surface area contributed by atoms with Crippen LogP contribution in [0.25, 0.3) is 0 Å². The zero-order valence-corrected chi connectivity index (χ0v) is 13.2. The number of pyridine rings is 1. The van der Waals surface area contributed by atoms with E-state index in [0.717, 1.165) is 11.1 Å². The second kappa shape index (κ2) is 7.43. The summed E-state index contributed by atoms with van der Waals surface area (Å²) in [7, 11) is 0. The summed E-state index contributed by atoms with van der Waals surface area (Å²) in [5.41, 5.74) is 2.85. The van der Waals surface area contributed by atoms with Crippen LogP contribution in [0.3, 0.4) is 0 Å². The van der Waals surface area contributed by atoms with Crippen molar-refractivity contribution in [2.75, 3.05) is 5.32 Å². The summed E-state index contributed by atoms with van der Waals surface area (Å²) in [5.74, 6) is 0.531. The van der Waals surface area contributed by atoms with E-state index in [2.05, 4.69) is 10.3 Å². The summed E-state index contributed by atoms with van der Waals surface area (Å²) in [6, 6.07) is 6.98. The first-order valence-corrected chi connectivity index (χ1v) is 7.02. The lowest BCUT2D eigenvalue weighted by atomic mass is 10.0. The molecule has 0 bridgehead atoms. The normalized spacial score (nSPS) is 9.57. The molecule has 4 nitrogen and oxygen atoms in total. The molecule has 0 aliphatic carbocycles. The summed E-state index contributed by atoms with van der Waals surface area (Å²) in [6.45, 7) is 9.44. The number of rotatable bonds is 2. The number of aryl methyl sites for hydroxylation is 3. The Morgan fingerprint density at radius 3 is 2.38 bits per heavy atom. The monoisotopic (exact) mass is 286 g/mol. The van der Waals surface area contributed by atoms with Crippen molar-refractivity contribution in [3.8, 4) is 5.75 Å². The minimum atomic E-state index is -0.220. The van der Waals surface area contributed by atoms with Crippen LogP contribution in [0, 0.1) is 20.8 Å². The minimum absolute atomic E-state index is 0.197. The van der Waals surface area contributed by atoms with Gasteiger partial charge in [0.25, 0.3) is 5.91 Å². The fraction of sp³-hybridized carbons (Fsp3) is 0.294. The van der Waals surface area contributed by atoms with E-state index < -0.39 is 0 Å². The number of benzene rings is 1. The number of aromatic nitrogens is 1. The Kier molecular flexibility index (Phi) is 5.91. The Morgan fingerprint density at radius 2 is 1.76 bits per heavy atom. The molecule has 1 aromatic carbocycles. The standard InChI is InChI=1S/C15H16N2O2.C2H6/c1-9-5-4-6-16-14(9)17-15(19)12-7-11(3)13(18)8-10(12)2;1-2/h4-8,18H,1-3H3,(H,16,17,19);1-2H3. The van der Waals surface area contributed by atoms with Gasteiger partial charge >= 0.3 is 0 Å².